The van der Waals surface area contributed by atoms with Gasteiger partial charge in [0.25, 0.3) is 0 Å². The van der Waals surface area contributed by atoms with Crippen LogP contribution in [0, 0.1) is 5.92 Å². The topological polar surface area (TPSA) is 30.9 Å². The molecule has 0 aromatic rings. The van der Waals surface area contributed by atoms with Gasteiger partial charge in [-0.25, -0.2) is 0 Å². The molecule has 2 heterocycles. The Morgan fingerprint density at radius 3 is 2.70 bits per heavy atom. The quantitative estimate of drug-likeness (QED) is 0.427. The van der Waals surface area contributed by atoms with Crippen molar-refractivity contribution in [2.75, 3.05) is 52.6 Å². The SMILES string of the molecule is CN=C(NCC1CCN(C)C1)N1CCSC(C)(C)C1.I. The third-order valence-corrected chi connectivity index (χ3v) is 5.27. The molecule has 20 heavy (non-hydrogen) atoms. The minimum Gasteiger partial charge on any atom is -0.356 e. The number of aliphatic imine (C=N–C) groups is 1. The predicted octanol–water partition coefficient (Wildman–Crippen LogP) is 1.96. The number of nitrogens with one attached hydrogen (secondary N) is 1. The summed E-state index contributed by atoms with van der Waals surface area (Å²) in [7, 11) is 4.11. The van der Waals surface area contributed by atoms with Crippen molar-refractivity contribution in [3.63, 3.8) is 0 Å². The molecule has 0 aromatic carbocycles. The van der Waals surface area contributed by atoms with Crippen molar-refractivity contribution in [2.45, 2.75) is 25.0 Å². The van der Waals surface area contributed by atoms with Crippen LogP contribution in [0.5, 0.6) is 0 Å². The second kappa shape index (κ2) is 8.08. The summed E-state index contributed by atoms with van der Waals surface area (Å²) in [5, 5.41) is 3.58. The normalized spacial score (nSPS) is 27.3. The molecule has 4 nitrogen and oxygen atoms in total. The molecule has 118 valence electrons. The molecule has 0 aromatic heterocycles. The molecule has 1 atom stereocenters. The number of nitrogens with zero attached hydrogens (tertiary/aromatic N) is 3. The lowest BCUT2D eigenvalue weighted by Crippen LogP contribution is -2.51. The van der Waals surface area contributed by atoms with E-state index < -0.39 is 0 Å². The van der Waals surface area contributed by atoms with E-state index in [1.807, 2.05) is 7.05 Å². The molecule has 0 radical (unpaired) electrons. The molecule has 1 unspecified atom stereocenters. The Hall–Kier alpha value is 0.310. The average Bonchev–Trinajstić information content (AvgIpc) is 2.75. The second-order valence-electron chi connectivity index (χ2n) is 6.37. The van der Waals surface area contributed by atoms with Crippen LogP contribution in [-0.4, -0.2) is 73.1 Å². The molecular weight excluding hydrogens is 383 g/mol. The van der Waals surface area contributed by atoms with E-state index in [1.165, 1.54) is 25.3 Å². The smallest absolute Gasteiger partial charge is 0.193 e. The summed E-state index contributed by atoms with van der Waals surface area (Å²) in [4.78, 5) is 9.29. The van der Waals surface area contributed by atoms with E-state index in [9.17, 15) is 0 Å². The Morgan fingerprint density at radius 1 is 1.40 bits per heavy atom. The fourth-order valence-corrected chi connectivity index (χ4v) is 4.07. The van der Waals surface area contributed by atoms with Crippen LogP contribution in [0.1, 0.15) is 20.3 Å². The van der Waals surface area contributed by atoms with Gasteiger partial charge in [-0.05, 0) is 39.8 Å². The molecule has 6 heteroatoms. The summed E-state index contributed by atoms with van der Waals surface area (Å²) in [6, 6.07) is 0. The Labute approximate surface area is 145 Å². The summed E-state index contributed by atoms with van der Waals surface area (Å²) in [6.07, 6.45) is 1.31. The van der Waals surface area contributed by atoms with E-state index >= 15 is 0 Å². The first-order chi connectivity index (χ1) is 9.00. The van der Waals surface area contributed by atoms with E-state index in [1.54, 1.807) is 0 Å². The number of hydrogen-bond acceptors (Lipinski definition) is 3. The first-order valence-electron chi connectivity index (χ1n) is 7.28. The highest BCUT2D eigenvalue weighted by Crippen LogP contribution is 2.29. The lowest BCUT2D eigenvalue weighted by atomic mass is 10.1. The van der Waals surface area contributed by atoms with Crippen LogP contribution in [-0.2, 0) is 0 Å². The van der Waals surface area contributed by atoms with Gasteiger partial charge in [-0.3, -0.25) is 4.99 Å². The third-order valence-electron chi connectivity index (χ3n) is 3.97. The largest absolute Gasteiger partial charge is 0.356 e. The van der Waals surface area contributed by atoms with E-state index in [0.29, 0.717) is 4.75 Å². The van der Waals surface area contributed by atoms with Gasteiger partial charge in [-0.1, -0.05) is 0 Å². The number of likely N-dealkylation sites (tertiary alicyclic amines) is 1. The molecule has 0 saturated carbocycles. The van der Waals surface area contributed by atoms with Crippen LogP contribution >= 0.6 is 35.7 Å². The van der Waals surface area contributed by atoms with Crippen LogP contribution in [0.4, 0.5) is 0 Å². The standard InChI is InChI=1S/C14H28N4S.HI/c1-14(2)11-18(7-8-19-14)13(15-3)16-9-12-5-6-17(4)10-12;/h12H,5-11H2,1-4H3,(H,15,16);1H. The summed E-state index contributed by atoms with van der Waals surface area (Å²) >= 11 is 2.06. The molecule has 2 saturated heterocycles. The van der Waals surface area contributed by atoms with Crippen molar-refractivity contribution < 1.29 is 0 Å². The predicted molar refractivity (Wildman–Crippen MR) is 100 cm³/mol. The van der Waals surface area contributed by atoms with Crippen molar-refractivity contribution >= 4 is 41.7 Å². The van der Waals surface area contributed by atoms with Gasteiger partial charge >= 0.3 is 0 Å². The van der Waals surface area contributed by atoms with E-state index in [2.05, 4.69) is 52.8 Å². The molecule has 0 aliphatic carbocycles. The second-order valence-corrected chi connectivity index (χ2v) is 8.18. The maximum atomic E-state index is 4.47. The van der Waals surface area contributed by atoms with Gasteiger partial charge in [0.05, 0.1) is 0 Å². The first kappa shape index (κ1) is 18.4. The molecule has 2 fully saturated rings. The van der Waals surface area contributed by atoms with Crippen molar-refractivity contribution in [3.8, 4) is 0 Å². The number of thioether (sulfide) groups is 1. The van der Waals surface area contributed by atoms with E-state index in [0.717, 1.165) is 31.5 Å². The molecule has 0 spiro atoms. The van der Waals surface area contributed by atoms with Gasteiger partial charge < -0.3 is 15.1 Å². The molecule has 0 amide bonds. The molecule has 2 rings (SSSR count). The lowest BCUT2D eigenvalue weighted by Gasteiger charge is -2.39. The van der Waals surface area contributed by atoms with Crippen LogP contribution < -0.4 is 5.32 Å². The number of halogens is 1. The van der Waals surface area contributed by atoms with Gasteiger partial charge in [-0.15, -0.1) is 24.0 Å². The summed E-state index contributed by atoms with van der Waals surface area (Å²) in [5.41, 5.74) is 0. The highest BCUT2D eigenvalue weighted by Gasteiger charge is 2.29. The van der Waals surface area contributed by atoms with Gasteiger partial charge in [0, 0.05) is 43.7 Å². The lowest BCUT2D eigenvalue weighted by molar-refractivity contribution is 0.366. The zero-order valence-electron chi connectivity index (χ0n) is 13.2. The maximum Gasteiger partial charge on any atom is 0.193 e. The highest BCUT2D eigenvalue weighted by atomic mass is 127. The van der Waals surface area contributed by atoms with Crippen LogP contribution in [0.15, 0.2) is 4.99 Å². The van der Waals surface area contributed by atoms with Crippen molar-refractivity contribution in [1.29, 1.82) is 0 Å². The van der Waals surface area contributed by atoms with Gasteiger partial charge in [0.15, 0.2) is 5.96 Å². The van der Waals surface area contributed by atoms with Crippen molar-refractivity contribution in [2.24, 2.45) is 10.9 Å². The van der Waals surface area contributed by atoms with Crippen LogP contribution in [0.2, 0.25) is 0 Å². The van der Waals surface area contributed by atoms with E-state index in [4.69, 9.17) is 0 Å². The van der Waals surface area contributed by atoms with E-state index in [-0.39, 0.29) is 24.0 Å². The third kappa shape index (κ3) is 5.26. The van der Waals surface area contributed by atoms with Crippen molar-refractivity contribution in [1.82, 2.24) is 15.1 Å². The summed E-state index contributed by atoms with van der Waals surface area (Å²) in [6.45, 7) is 10.3. The summed E-state index contributed by atoms with van der Waals surface area (Å²) in [5.74, 6) is 3.05. The zero-order chi connectivity index (χ0) is 13.9. The Balaban J connectivity index is 0.00000200. The monoisotopic (exact) mass is 412 g/mol. The average molecular weight is 412 g/mol. The number of rotatable bonds is 2. The first-order valence-corrected chi connectivity index (χ1v) is 8.27. The fourth-order valence-electron chi connectivity index (χ4n) is 2.96. The maximum absolute atomic E-state index is 4.47. The number of guanidine groups is 1. The van der Waals surface area contributed by atoms with Crippen LogP contribution in [0.25, 0.3) is 0 Å². The van der Waals surface area contributed by atoms with Crippen molar-refractivity contribution in [3.05, 3.63) is 0 Å². The Kier molecular flexibility index (Phi) is 7.41. The van der Waals surface area contributed by atoms with Gasteiger partial charge in [-0.2, -0.15) is 11.8 Å². The molecule has 1 N–H and O–H groups in total. The molecule has 2 aliphatic heterocycles. The molecule has 2 aliphatic rings. The number of hydrogen-bond donors (Lipinski definition) is 1. The Morgan fingerprint density at radius 2 is 2.15 bits per heavy atom. The van der Waals surface area contributed by atoms with Gasteiger partial charge in [0.2, 0.25) is 0 Å². The highest BCUT2D eigenvalue weighted by molar-refractivity contribution is 14.0. The Bertz CT molecular complexity index is 335. The minimum atomic E-state index is 0. The van der Waals surface area contributed by atoms with Gasteiger partial charge in [0.1, 0.15) is 0 Å². The summed E-state index contributed by atoms with van der Waals surface area (Å²) < 4.78 is 0.337. The fraction of sp³-hybridized carbons (Fsp3) is 0.929. The minimum absolute atomic E-state index is 0. The molecule has 0 bridgehead atoms. The molecular formula is C14H29IN4S. The zero-order valence-corrected chi connectivity index (χ0v) is 16.3. The van der Waals surface area contributed by atoms with Crippen LogP contribution in [0.3, 0.4) is 0 Å².